The van der Waals surface area contributed by atoms with E-state index in [2.05, 4.69) is 4.98 Å². The predicted molar refractivity (Wildman–Crippen MR) is 143 cm³/mol. The molecule has 8 nitrogen and oxygen atoms in total. The average Bonchev–Trinajstić information content (AvgIpc) is 3.43. The number of anilines is 1. The Labute approximate surface area is 218 Å². The van der Waals surface area contributed by atoms with Crippen LogP contribution in [0.1, 0.15) is 11.4 Å². The van der Waals surface area contributed by atoms with E-state index in [1.54, 1.807) is 41.2 Å². The molecule has 4 aromatic heterocycles. The number of phenolic OH excluding ortho intramolecular Hbond substituents is 1. The number of hydrogen-bond donors (Lipinski definition) is 2. The van der Waals surface area contributed by atoms with Crippen molar-refractivity contribution in [1.29, 1.82) is 0 Å². The van der Waals surface area contributed by atoms with Gasteiger partial charge in [0.1, 0.15) is 34.5 Å². The molecule has 0 saturated carbocycles. The molecule has 0 bridgehead atoms. The molecular formula is C26H18ClFN6O2S. The van der Waals surface area contributed by atoms with Crippen molar-refractivity contribution in [2.24, 2.45) is 0 Å². The number of phenols is 1. The molecule has 4 heterocycles. The lowest BCUT2D eigenvalue weighted by atomic mass is 10.1. The molecule has 0 atom stereocenters. The molecule has 0 saturated heterocycles. The Balaban J connectivity index is 1.61. The summed E-state index contributed by atoms with van der Waals surface area (Å²) in [5.41, 5.74) is 8.74. The summed E-state index contributed by atoms with van der Waals surface area (Å²) in [6, 6.07) is 12.5. The monoisotopic (exact) mass is 532 g/mol. The van der Waals surface area contributed by atoms with E-state index in [1.165, 1.54) is 34.1 Å². The summed E-state index contributed by atoms with van der Waals surface area (Å²) in [6.45, 7) is 1.83. The number of para-hydroxylation sites is 1. The molecule has 37 heavy (non-hydrogen) atoms. The lowest BCUT2D eigenvalue weighted by Crippen LogP contribution is -2.26. The third-order valence-corrected chi connectivity index (χ3v) is 7.44. The van der Waals surface area contributed by atoms with E-state index in [9.17, 15) is 14.3 Å². The van der Waals surface area contributed by atoms with Gasteiger partial charge < -0.3 is 10.8 Å². The van der Waals surface area contributed by atoms with Gasteiger partial charge in [-0.05, 0) is 48.2 Å². The highest BCUT2D eigenvalue weighted by Gasteiger charge is 2.22. The summed E-state index contributed by atoms with van der Waals surface area (Å²) in [4.78, 5) is 23.4. The van der Waals surface area contributed by atoms with Gasteiger partial charge >= 0.3 is 0 Å². The Kier molecular flexibility index (Phi) is 5.43. The maximum absolute atomic E-state index is 14.9. The van der Waals surface area contributed by atoms with Gasteiger partial charge in [0.25, 0.3) is 5.56 Å². The highest BCUT2D eigenvalue weighted by molar-refractivity contribution is 7.16. The van der Waals surface area contributed by atoms with Crippen LogP contribution >= 0.6 is 22.9 Å². The highest BCUT2D eigenvalue weighted by Crippen LogP contribution is 2.35. The second kappa shape index (κ2) is 8.68. The fourth-order valence-corrected chi connectivity index (χ4v) is 5.43. The molecule has 0 aliphatic heterocycles. The zero-order valence-electron chi connectivity index (χ0n) is 19.3. The van der Waals surface area contributed by atoms with Crippen molar-refractivity contribution in [3.8, 4) is 22.7 Å². The maximum atomic E-state index is 14.9. The number of aromatic nitrogens is 5. The normalized spacial score (nSPS) is 11.5. The Morgan fingerprint density at radius 3 is 2.76 bits per heavy atom. The molecule has 0 aliphatic carbocycles. The number of halogens is 2. The average molecular weight is 533 g/mol. The topological polar surface area (TPSA) is 112 Å². The molecule has 3 N–H and O–H groups in total. The molecule has 2 aromatic carbocycles. The minimum atomic E-state index is -0.551. The van der Waals surface area contributed by atoms with Gasteiger partial charge in [-0.25, -0.2) is 19.0 Å². The Morgan fingerprint density at radius 1 is 1.16 bits per heavy atom. The Bertz CT molecular complexity index is 1910. The van der Waals surface area contributed by atoms with Crippen LogP contribution in [0.4, 0.5) is 10.1 Å². The van der Waals surface area contributed by atoms with Crippen LogP contribution in [0.2, 0.25) is 5.02 Å². The smallest absolute Gasteiger partial charge is 0.267 e. The van der Waals surface area contributed by atoms with E-state index < -0.39 is 5.82 Å². The molecule has 0 aliphatic rings. The maximum Gasteiger partial charge on any atom is 0.267 e. The highest BCUT2D eigenvalue weighted by atomic mass is 35.5. The fourth-order valence-electron chi connectivity index (χ4n) is 4.38. The van der Waals surface area contributed by atoms with Gasteiger partial charge in [-0.15, -0.1) is 11.3 Å². The van der Waals surface area contributed by atoms with E-state index in [4.69, 9.17) is 27.4 Å². The van der Waals surface area contributed by atoms with E-state index in [-0.39, 0.29) is 34.4 Å². The van der Waals surface area contributed by atoms with E-state index in [1.807, 2.05) is 12.3 Å². The first-order valence-corrected chi connectivity index (χ1v) is 12.4. The quantitative estimate of drug-likeness (QED) is 0.319. The first kappa shape index (κ1) is 23.1. The Morgan fingerprint density at radius 2 is 1.97 bits per heavy atom. The van der Waals surface area contributed by atoms with Crippen LogP contribution in [0.15, 0.2) is 64.9 Å². The van der Waals surface area contributed by atoms with Gasteiger partial charge in [0, 0.05) is 17.4 Å². The van der Waals surface area contributed by atoms with Crippen molar-refractivity contribution in [2.75, 3.05) is 5.73 Å². The van der Waals surface area contributed by atoms with Crippen LogP contribution in [0, 0.1) is 12.7 Å². The van der Waals surface area contributed by atoms with E-state index in [0.29, 0.717) is 38.2 Å². The lowest BCUT2D eigenvalue weighted by Gasteiger charge is -2.14. The first-order chi connectivity index (χ1) is 17.8. The summed E-state index contributed by atoms with van der Waals surface area (Å²) < 4.78 is 17.8. The molecule has 0 amide bonds. The van der Waals surface area contributed by atoms with E-state index >= 15 is 0 Å². The van der Waals surface area contributed by atoms with E-state index in [0.717, 1.165) is 5.56 Å². The molecule has 0 fully saturated rings. The van der Waals surface area contributed by atoms with Crippen molar-refractivity contribution >= 4 is 49.9 Å². The lowest BCUT2D eigenvalue weighted by molar-refractivity contribution is 0.476. The number of hydrogen-bond acceptors (Lipinski definition) is 7. The van der Waals surface area contributed by atoms with Crippen LogP contribution in [0.3, 0.4) is 0 Å². The number of nitrogens with zero attached hydrogens (tertiary/aromatic N) is 5. The summed E-state index contributed by atoms with van der Waals surface area (Å²) in [7, 11) is 0. The van der Waals surface area contributed by atoms with Crippen LogP contribution in [0.5, 0.6) is 5.75 Å². The summed E-state index contributed by atoms with van der Waals surface area (Å²) in [5.74, 6) is -0.369. The van der Waals surface area contributed by atoms with Crippen molar-refractivity contribution in [1.82, 2.24) is 24.3 Å². The van der Waals surface area contributed by atoms with Crippen molar-refractivity contribution in [3.63, 3.8) is 0 Å². The fraction of sp³-hybridized carbons (Fsp3) is 0.0769. The SMILES string of the molecule is Cc1csc2nc(Cn3nc(-c4ccc(Cl)c(O)c4)c4c(N)ccnc43)n(-c3ccccc3F)c(=O)c12. The molecular weight excluding hydrogens is 515 g/mol. The molecule has 6 rings (SSSR count). The standard InChI is InChI=1S/C26H18ClFN6O2S/c1-13-12-37-25-21(13)26(36)34(18-5-3-2-4-16(18)28)20(31-25)11-33-24-22(17(29)8-9-30-24)23(32-33)14-6-7-15(27)19(35)10-14/h2-10,12,35H,11H2,1H3,(H2,29,30). The summed E-state index contributed by atoms with van der Waals surface area (Å²) in [5, 5.41) is 18.0. The zero-order valence-corrected chi connectivity index (χ0v) is 20.9. The molecule has 0 unspecified atom stereocenters. The number of rotatable bonds is 4. The molecule has 11 heteroatoms. The molecule has 6 aromatic rings. The van der Waals surface area contributed by atoms with Gasteiger partial charge in [0.05, 0.1) is 21.5 Å². The predicted octanol–water partition coefficient (Wildman–Crippen LogP) is 5.30. The largest absolute Gasteiger partial charge is 0.506 e. The van der Waals surface area contributed by atoms with Crippen molar-refractivity contribution in [2.45, 2.75) is 13.5 Å². The van der Waals surface area contributed by atoms with Gasteiger partial charge in [-0.1, -0.05) is 29.8 Å². The summed E-state index contributed by atoms with van der Waals surface area (Å²) >= 11 is 7.35. The van der Waals surface area contributed by atoms with Crippen molar-refractivity contribution < 1.29 is 9.50 Å². The first-order valence-electron chi connectivity index (χ1n) is 11.2. The van der Waals surface area contributed by atoms with Gasteiger partial charge in [0.2, 0.25) is 0 Å². The number of aryl methyl sites for hydroxylation is 1. The molecule has 0 spiro atoms. The Hall–Kier alpha value is -4.28. The van der Waals surface area contributed by atoms with Crippen LogP contribution < -0.4 is 11.3 Å². The van der Waals surface area contributed by atoms with Gasteiger partial charge in [0.15, 0.2) is 5.65 Å². The van der Waals surface area contributed by atoms with Crippen LogP contribution in [0.25, 0.3) is 38.2 Å². The number of nitrogen functional groups attached to an aromatic ring is 1. The third kappa shape index (κ3) is 3.73. The van der Waals surface area contributed by atoms with Crippen molar-refractivity contribution in [3.05, 3.63) is 92.7 Å². The van der Waals surface area contributed by atoms with Gasteiger partial charge in [-0.2, -0.15) is 5.10 Å². The molecule has 184 valence electrons. The molecule has 0 radical (unpaired) electrons. The second-order valence-electron chi connectivity index (χ2n) is 8.49. The van der Waals surface area contributed by atoms with Gasteiger partial charge in [-0.3, -0.25) is 9.36 Å². The number of thiophene rings is 1. The zero-order chi connectivity index (χ0) is 25.8. The number of benzene rings is 2. The number of pyridine rings is 1. The number of nitrogens with two attached hydrogens (primary N) is 1. The summed E-state index contributed by atoms with van der Waals surface area (Å²) in [6.07, 6.45) is 1.56. The minimum absolute atomic E-state index is 0.00296. The number of fused-ring (bicyclic) bond motifs is 2. The van der Waals surface area contributed by atoms with Crippen LogP contribution in [-0.4, -0.2) is 29.4 Å². The van der Waals surface area contributed by atoms with Crippen LogP contribution in [-0.2, 0) is 6.54 Å². The second-order valence-corrected chi connectivity index (χ2v) is 9.76. The minimum Gasteiger partial charge on any atom is -0.506 e. The number of aromatic hydroxyl groups is 1. The third-order valence-electron chi connectivity index (χ3n) is 6.13.